The molecule has 0 aliphatic carbocycles. The van der Waals surface area contributed by atoms with Crippen molar-refractivity contribution in [3.05, 3.63) is 58.5 Å². The number of nitrogens with one attached hydrogen (secondary N) is 1. The molecule has 2 aromatic heterocycles. The minimum atomic E-state index is -0.374. The fourth-order valence-corrected chi connectivity index (χ4v) is 2.99. The van der Waals surface area contributed by atoms with Gasteiger partial charge < -0.3 is 9.47 Å². The number of halogens is 1. The van der Waals surface area contributed by atoms with Crippen molar-refractivity contribution in [2.24, 2.45) is 5.10 Å². The van der Waals surface area contributed by atoms with Crippen LogP contribution < -0.4 is 14.9 Å². The largest absolute Gasteiger partial charge is 0.490 e. The fraction of sp³-hybridized carbons (Fsp3) is 0.286. The van der Waals surface area contributed by atoms with Crippen LogP contribution in [0.4, 0.5) is 0 Å². The zero-order valence-electron chi connectivity index (χ0n) is 16.6. The van der Waals surface area contributed by atoms with Crippen molar-refractivity contribution in [2.45, 2.75) is 27.2 Å². The third kappa shape index (κ3) is 4.86. The van der Waals surface area contributed by atoms with Gasteiger partial charge in [-0.3, -0.25) is 9.20 Å². The minimum Gasteiger partial charge on any atom is -0.490 e. The molecule has 1 N–H and O–H groups in total. The molecule has 3 rings (SSSR count). The molecular formula is C21H23ClN4O3. The lowest BCUT2D eigenvalue weighted by atomic mass is 10.2. The fourth-order valence-electron chi connectivity index (χ4n) is 2.83. The summed E-state index contributed by atoms with van der Waals surface area (Å²) >= 11 is 6.04. The molecule has 7 nitrogen and oxygen atoms in total. The number of fused-ring (bicyclic) bond motifs is 1. The molecule has 0 spiro atoms. The molecule has 152 valence electrons. The van der Waals surface area contributed by atoms with E-state index < -0.39 is 0 Å². The van der Waals surface area contributed by atoms with E-state index in [1.807, 2.05) is 32.0 Å². The first-order valence-electron chi connectivity index (χ1n) is 9.40. The van der Waals surface area contributed by atoms with Crippen LogP contribution in [0.3, 0.4) is 0 Å². The maximum absolute atomic E-state index is 12.6. The standard InChI is InChI=1S/C21H23ClN4O3/c1-4-10-29-17-8-6-15(11-18(17)28-5-2)12-23-25-21(27)20-14(3)24-19-9-7-16(22)13-26(19)20/h6-9,11-13H,4-5,10H2,1-3H3,(H,25,27)/b23-12+. The number of rotatable bonds is 8. The number of benzene rings is 1. The van der Waals surface area contributed by atoms with E-state index in [9.17, 15) is 4.79 Å². The SMILES string of the molecule is CCCOc1ccc(/C=N/NC(=O)c2c(C)nc3ccc(Cl)cn23)cc1OCC. The summed E-state index contributed by atoms with van der Waals surface area (Å²) in [5.74, 6) is 0.957. The van der Waals surface area contributed by atoms with Crippen LogP contribution in [0, 0.1) is 6.92 Å². The number of amides is 1. The molecule has 0 bridgehead atoms. The third-order valence-corrected chi connectivity index (χ3v) is 4.30. The highest BCUT2D eigenvalue weighted by Crippen LogP contribution is 2.28. The second kappa shape index (κ2) is 9.43. The van der Waals surface area contributed by atoms with Gasteiger partial charge in [0.05, 0.1) is 30.1 Å². The lowest BCUT2D eigenvalue weighted by Crippen LogP contribution is -2.20. The number of carbonyl (C=O) groups excluding carboxylic acids is 1. The maximum Gasteiger partial charge on any atom is 0.290 e. The number of ether oxygens (including phenoxy) is 2. The van der Waals surface area contributed by atoms with Crippen molar-refractivity contribution in [1.82, 2.24) is 14.8 Å². The number of aryl methyl sites for hydroxylation is 1. The smallest absolute Gasteiger partial charge is 0.290 e. The molecule has 8 heteroatoms. The number of hydrazone groups is 1. The number of hydrogen-bond acceptors (Lipinski definition) is 5. The van der Waals surface area contributed by atoms with Gasteiger partial charge >= 0.3 is 0 Å². The van der Waals surface area contributed by atoms with Crippen LogP contribution in [-0.2, 0) is 0 Å². The summed E-state index contributed by atoms with van der Waals surface area (Å²) in [5, 5.41) is 4.58. The van der Waals surface area contributed by atoms with Crippen molar-refractivity contribution in [3.8, 4) is 11.5 Å². The number of nitrogens with zero attached hydrogens (tertiary/aromatic N) is 3. The molecule has 0 unspecified atom stereocenters. The Kier molecular flexibility index (Phi) is 6.72. The van der Waals surface area contributed by atoms with Gasteiger partial charge in [-0.05, 0) is 56.2 Å². The number of aromatic nitrogens is 2. The number of pyridine rings is 1. The molecule has 2 heterocycles. The third-order valence-electron chi connectivity index (χ3n) is 4.08. The summed E-state index contributed by atoms with van der Waals surface area (Å²) in [7, 11) is 0. The summed E-state index contributed by atoms with van der Waals surface area (Å²) in [6.07, 6.45) is 4.11. The Labute approximate surface area is 174 Å². The quantitative estimate of drug-likeness (QED) is 0.441. The highest BCUT2D eigenvalue weighted by Gasteiger charge is 2.16. The molecule has 0 saturated carbocycles. The zero-order chi connectivity index (χ0) is 20.8. The molecule has 1 aromatic carbocycles. The monoisotopic (exact) mass is 414 g/mol. The average Bonchev–Trinajstić information content (AvgIpc) is 3.02. The van der Waals surface area contributed by atoms with Gasteiger partial charge in [-0.1, -0.05) is 18.5 Å². The lowest BCUT2D eigenvalue weighted by molar-refractivity contribution is 0.0948. The first-order chi connectivity index (χ1) is 14.0. The van der Waals surface area contributed by atoms with E-state index in [1.165, 1.54) is 0 Å². The Morgan fingerprint density at radius 3 is 2.83 bits per heavy atom. The molecule has 0 saturated heterocycles. The van der Waals surface area contributed by atoms with Crippen molar-refractivity contribution >= 4 is 29.4 Å². The van der Waals surface area contributed by atoms with E-state index in [-0.39, 0.29) is 5.91 Å². The predicted octanol–water partition coefficient (Wildman–Crippen LogP) is 4.25. The predicted molar refractivity (Wildman–Crippen MR) is 113 cm³/mol. The summed E-state index contributed by atoms with van der Waals surface area (Å²) < 4.78 is 13.0. The minimum absolute atomic E-state index is 0.374. The molecule has 3 aromatic rings. The van der Waals surface area contributed by atoms with Crippen LogP contribution in [0.15, 0.2) is 41.6 Å². The van der Waals surface area contributed by atoms with Crippen LogP contribution in [0.25, 0.3) is 5.65 Å². The van der Waals surface area contributed by atoms with Gasteiger partial charge in [0, 0.05) is 6.20 Å². The summed E-state index contributed by atoms with van der Waals surface area (Å²) in [5.41, 5.74) is 4.94. The lowest BCUT2D eigenvalue weighted by Gasteiger charge is -2.11. The molecule has 0 atom stereocenters. The van der Waals surface area contributed by atoms with Crippen molar-refractivity contribution in [3.63, 3.8) is 0 Å². The number of imidazole rings is 1. The Morgan fingerprint density at radius 1 is 1.24 bits per heavy atom. The highest BCUT2D eigenvalue weighted by atomic mass is 35.5. The van der Waals surface area contributed by atoms with Crippen LogP contribution >= 0.6 is 11.6 Å². The van der Waals surface area contributed by atoms with Gasteiger partial charge in [0.15, 0.2) is 11.5 Å². The maximum atomic E-state index is 12.6. The normalized spacial score (nSPS) is 11.2. The molecule has 29 heavy (non-hydrogen) atoms. The molecule has 0 aliphatic heterocycles. The number of hydrogen-bond donors (Lipinski definition) is 1. The Bertz CT molecular complexity index is 1050. The molecule has 0 fully saturated rings. The van der Waals surface area contributed by atoms with Crippen molar-refractivity contribution < 1.29 is 14.3 Å². The second-order valence-electron chi connectivity index (χ2n) is 6.31. The van der Waals surface area contributed by atoms with E-state index in [2.05, 4.69) is 15.5 Å². The zero-order valence-corrected chi connectivity index (χ0v) is 17.4. The number of carbonyl (C=O) groups is 1. The van der Waals surface area contributed by atoms with E-state index in [0.29, 0.717) is 46.8 Å². The second-order valence-corrected chi connectivity index (χ2v) is 6.74. The summed E-state index contributed by atoms with van der Waals surface area (Å²) in [6.45, 7) is 6.86. The molecular weight excluding hydrogens is 392 g/mol. The Hall–Kier alpha value is -3.06. The van der Waals surface area contributed by atoms with Crippen molar-refractivity contribution in [2.75, 3.05) is 13.2 Å². The van der Waals surface area contributed by atoms with Crippen LogP contribution in [0.5, 0.6) is 11.5 Å². The first-order valence-corrected chi connectivity index (χ1v) is 9.78. The topological polar surface area (TPSA) is 77.2 Å². The van der Waals surface area contributed by atoms with E-state index in [4.69, 9.17) is 21.1 Å². The molecule has 1 amide bonds. The van der Waals surface area contributed by atoms with Crippen LogP contribution in [-0.4, -0.2) is 34.7 Å². The Morgan fingerprint density at radius 2 is 2.07 bits per heavy atom. The van der Waals surface area contributed by atoms with Gasteiger partial charge in [-0.15, -0.1) is 0 Å². The molecule has 0 aliphatic rings. The van der Waals surface area contributed by atoms with Gasteiger partial charge in [0.1, 0.15) is 11.3 Å². The van der Waals surface area contributed by atoms with Gasteiger partial charge in [-0.25, -0.2) is 10.4 Å². The first kappa shape index (κ1) is 20.7. The molecule has 0 radical (unpaired) electrons. The Balaban J connectivity index is 1.76. The average molecular weight is 415 g/mol. The summed E-state index contributed by atoms with van der Waals surface area (Å²) in [6, 6.07) is 8.99. The van der Waals surface area contributed by atoms with Crippen LogP contribution in [0.2, 0.25) is 5.02 Å². The van der Waals surface area contributed by atoms with E-state index >= 15 is 0 Å². The highest BCUT2D eigenvalue weighted by molar-refractivity contribution is 6.30. The summed E-state index contributed by atoms with van der Waals surface area (Å²) in [4.78, 5) is 17.0. The van der Waals surface area contributed by atoms with Crippen LogP contribution in [0.1, 0.15) is 42.0 Å². The van der Waals surface area contributed by atoms with Gasteiger partial charge in [0.25, 0.3) is 5.91 Å². The van der Waals surface area contributed by atoms with E-state index in [1.54, 1.807) is 35.9 Å². The van der Waals surface area contributed by atoms with Gasteiger partial charge in [0.2, 0.25) is 0 Å². The van der Waals surface area contributed by atoms with E-state index in [0.717, 1.165) is 12.0 Å². The van der Waals surface area contributed by atoms with Gasteiger partial charge in [-0.2, -0.15) is 5.10 Å². The van der Waals surface area contributed by atoms with Crippen molar-refractivity contribution in [1.29, 1.82) is 0 Å².